The van der Waals surface area contributed by atoms with Gasteiger partial charge in [-0.15, -0.1) is 0 Å². The van der Waals surface area contributed by atoms with Crippen LogP contribution in [0.15, 0.2) is 0 Å². The summed E-state index contributed by atoms with van der Waals surface area (Å²) in [7, 11) is -1.90. The van der Waals surface area contributed by atoms with Crippen LogP contribution in [0.1, 0.15) is 6.42 Å². The van der Waals surface area contributed by atoms with E-state index in [9.17, 15) is 0 Å². The first-order valence-electron chi connectivity index (χ1n) is 2.77. The molecule has 0 aliphatic rings. The fraction of sp³-hybridized carbons (Fsp3) is 1.00. The van der Waals surface area contributed by atoms with Gasteiger partial charge in [-0.2, -0.15) is 0 Å². The Kier molecular flexibility index (Phi) is 5.66. The lowest BCUT2D eigenvalue weighted by Crippen LogP contribution is -2.15. The zero-order valence-electron chi connectivity index (χ0n) is 4.88. The molecule has 50 valence electrons. The first kappa shape index (κ1) is 8.31. The average Bonchev–Trinajstić information content (AvgIpc) is 1.83. The topological polar surface area (TPSA) is 66.5 Å². The molecule has 0 spiro atoms. The van der Waals surface area contributed by atoms with Gasteiger partial charge >= 0.3 is 0 Å². The third-order valence-electron chi connectivity index (χ3n) is 1.09. The Morgan fingerprint density at radius 3 is 2.00 bits per heavy atom. The first-order valence-corrected chi connectivity index (χ1v) is 5.66. The molecule has 5 heteroatoms. The predicted octanol–water partition coefficient (Wildman–Crippen LogP) is -2.77. The van der Waals surface area contributed by atoms with Crippen molar-refractivity contribution < 1.29 is 9.59 Å². The van der Waals surface area contributed by atoms with Crippen molar-refractivity contribution in [2.75, 3.05) is 6.54 Å². The zero-order valence-corrected chi connectivity index (χ0v) is 7.71. The van der Waals surface area contributed by atoms with Gasteiger partial charge in [0.25, 0.3) is 0 Å². The maximum atomic E-state index is 8.62. The third kappa shape index (κ3) is 3.33. The van der Waals surface area contributed by atoms with E-state index in [1.165, 1.54) is 0 Å². The number of nitrogens with two attached hydrogens (primary N) is 1. The Balaban J connectivity index is 3.07. The molecule has 0 bridgehead atoms. The van der Waals surface area contributed by atoms with Gasteiger partial charge in [0.05, 0.1) is 0 Å². The van der Waals surface area contributed by atoms with E-state index >= 15 is 0 Å². The van der Waals surface area contributed by atoms with Gasteiger partial charge < -0.3 is 15.3 Å². The van der Waals surface area contributed by atoms with E-state index < -0.39 is 19.5 Å². The summed E-state index contributed by atoms with van der Waals surface area (Å²) in [5.74, 6) is 0. The minimum atomic E-state index is -0.951. The van der Waals surface area contributed by atoms with E-state index in [1.807, 2.05) is 0 Å². The van der Waals surface area contributed by atoms with Crippen LogP contribution in [0.5, 0.6) is 0 Å². The van der Waals surface area contributed by atoms with Gasteiger partial charge in [-0.3, -0.25) is 0 Å². The molecule has 8 heavy (non-hydrogen) atoms. The molecule has 0 saturated heterocycles. The highest BCUT2D eigenvalue weighted by Crippen LogP contribution is 2.00. The van der Waals surface area contributed by atoms with Crippen LogP contribution in [0, 0.1) is 0 Å². The number of rotatable bonds is 4. The van der Waals surface area contributed by atoms with Gasteiger partial charge in [-0.1, -0.05) is 0 Å². The minimum absolute atomic E-state index is 0.264. The summed E-state index contributed by atoms with van der Waals surface area (Å²) in [6, 6.07) is 0. The lowest BCUT2D eigenvalue weighted by Gasteiger charge is -2.04. The summed E-state index contributed by atoms with van der Waals surface area (Å²) in [4.78, 5) is 17.2. The summed E-state index contributed by atoms with van der Waals surface area (Å²) in [5, 5.41) is 0.264. The largest absolute Gasteiger partial charge is 0.438 e. The van der Waals surface area contributed by atoms with E-state index in [1.54, 1.807) is 0 Å². The van der Waals surface area contributed by atoms with Crippen molar-refractivity contribution in [1.29, 1.82) is 0 Å². The van der Waals surface area contributed by atoms with E-state index in [0.29, 0.717) is 6.54 Å². The molecule has 0 rings (SSSR count). The van der Waals surface area contributed by atoms with Gasteiger partial charge in [-0.25, -0.2) is 0 Å². The molecule has 0 aliphatic heterocycles. The molecule has 4 N–H and O–H groups in total. The van der Waals surface area contributed by atoms with Crippen molar-refractivity contribution in [3.8, 4) is 0 Å². The fourth-order valence-corrected chi connectivity index (χ4v) is 1.77. The molecule has 0 amide bonds. The lowest BCUT2D eigenvalue weighted by molar-refractivity contribution is 0.558. The minimum Gasteiger partial charge on any atom is -0.438 e. The highest BCUT2D eigenvalue weighted by molar-refractivity contribution is 6.50. The summed E-state index contributed by atoms with van der Waals surface area (Å²) in [6.45, 7) is 0.603. The predicted molar refractivity (Wildman–Crippen MR) is 38.9 cm³/mol. The molecule has 0 aromatic rings. The van der Waals surface area contributed by atoms with Crippen LogP contribution in [0.3, 0.4) is 0 Å². The van der Waals surface area contributed by atoms with Crippen molar-refractivity contribution in [2.24, 2.45) is 5.73 Å². The second kappa shape index (κ2) is 5.45. The van der Waals surface area contributed by atoms with Crippen LogP contribution in [0.2, 0.25) is 5.16 Å². The monoisotopic (exact) mass is 151 g/mol. The summed E-state index contributed by atoms with van der Waals surface area (Å²) < 4.78 is 0. The van der Waals surface area contributed by atoms with Crippen molar-refractivity contribution in [3.05, 3.63) is 0 Å². The second-order valence-corrected chi connectivity index (χ2v) is 6.00. The molecule has 0 aromatic heterocycles. The van der Waals surface area contributed by atoms with Crippen molar-refractivity contribution in [1.82, 2.24) is 0 Å². The van der Waals surface area contributed by atoms with Gasteiger partial charge in [0.2, 0.25) is 0 Å². The first-order chi connectivity index (χ1) is 3.85. The van der Waals surface area contributed by atoms with E-state index in [4.69, 9.17) is 15.3 Å². The van der Waals surface area contributed by atoms with Gasteiger partial charge in [-0.05, 0) is 18.1 Å². The van der Waals surface area contributed by atoms with Crippen molar-refractivity contribution in [2.45, 2.75) is 11.6 Å². The van der Waals surface area contributed by atoms with E-state index in [-0.39, 0.29) is 5.16 Å². The molecule has 0 saturated carbocycles. The molecule has 0 fully saturated rings. The molecule has 0 heterocycles. The maximum absolute atomic E-state index is 8.62. The molecule has 0 aromatic carbocycles. The van der Waals surface area contributed by atoms with Gasteiger partial charge in [0, 0.05) is 0 Å². The molecule has 3 nitrogen and oxygen atoms in total. The summed E-state index contributed by atoms with van der Waals surface area (Å²) in [5.41, 5.74) is 5.20. The Hall–Kier alpha value is 0.314. The molecule has 0 atom stereocenters. The second-order valence-electron chi connectivity index (χ2n) is 1.81. The molecular weight excluding hydrogens is 138 g/mol. The Bertz CT molecular complexity index is 50.5. The lowest BCUT2D eigenvalue weighted by atomic mass is 10.5. The smallest absolute Gasteiger partial charge is 0.158 e. The quantitative estimate of drug-likeness (QED) is 0.381. The Morgan fingerprint density at radius 2 is 1.88 bits per heavy atom. The van der Waals surface area contributed by atoms with Crippen molar-refractivity contribution >= 4 is 19.5 Å². The Morgan fingerprint density at radius 1 is 1.38 bits per heavy atom. The SMILES string of the molecule is NCCC([SiH2]O)[SiH2]O. The van der Waals surface area contributed by atoms with Crippen LogP contribution in [0.4, 0.5) is 0 Å². The van der Waals surface area contributed by atoms with E-state index in [2.05, 4.69) is 0 Å². The fourth-order valence-electron chi connectivity index (χ4n) is 0.476. The summed E-state index contributed by atoms with van der Waals surface area (Å²) >= 11 is 0. The van der Waals surface area contributed by atoms with Crippen LogP contribution in [0.25, 0.3) is 0 Å². The summed E-state index contributed by atoms with van der Waals surface area (Å²) in [6.07, 6.45) is 0.825. The van der Waals surface area contributed by atoms with Gasteiger partial charge in [0.1, 0.15) is 0 Å². The van der Waals surface area contributed by atoms with Crippen LogP contribution in [-0.2, 0) is 0 Å². The Labute approximate surface area is 53.8 Å². The maximum Gasteiger partial charge on any atom is 0.158 e. The molecule has 0 radical (unpaired) electrons. The number of hydrogen-bond acceptors (Lipinski definition) is 3. The van der Waals surface area contributed by atoms with Crippen molar-refractivity contribution in [3.63, 3.8) is 0 Å². The molecule has 0 aliphatic carbocycles. The third-order valence-corrected chi connectivity index (χ3v) is 4.49. The normalized spacial score (nSPS) is 16.9. The molecular formula is C3H13NO2Si2. The average molecular weight is 151 g/mol. The molecule has 0 unspecified atom stereocenters. The van der Waals surface area contributed by atoms with Crippen LogP contribution < -0.4 is 5.73 Å². The number of hydrogen-bond donors (Lipinski definition) is 3. The van der Waals surface area contributed by atoms with Gasteiger partial charge in [0.15, 0.2) is 19.5 Å². The zero-order chi connectivity index (χ0) is 6.41. The van der Waals surface area contributed by atoms with E-state index in [0.717, 1.165) is 6.42 Å². The standard InChI is InChI=1S/C3H13NO2Si2/c4-2-1-3(7-5)8-6/h3,5-6H,1-2,4,7-8H2. The van der Waals surface area contributed by atoms with Crippen LogP contribution in [-0.4, -0.2) is 35.7 Å². The van der Waals surface area contributed by atoms with Crippen LogP contribution >= 0.6 is 0 Å². The highest BCUT2D eigenvalue weighted by Gasteiger charge is 2.04. The highest BCUT2D eigenvalue weighted by atomic mass is 28.3.